The van der Waals surface area contributed by atoms with Crippen molar-refractivity contribution in [2.75, 3.05) is 24.0 Å². The lowest BCUT2D eigenvalue weighted by Gasteiger charge is -2.11. The fraction of sp³-hybridized carbons (Fsp3) is 0.750. The van der Waals surface area contributed by atoms with Gasteiger partial charge in [0.05, 0.1) is 0 Å². The first-order valence-corrected chi connectivity index (χ1v) is 9.01. The first kappa shape index (κ1) is 29.9. The van der Waals surface area contributed by atoms with E-state index in [4.69, 9.17) is 15.9 Å². The van der Waals surface area contributed by atoms with Crippen LogP contribution in [0.2, 0.25) is 0 Å². The average molecular weight is 375 g/mol. The van der Waals surface area contributed by atoms with Gasteiger partial charge in [0.1, 0.15) is 12.1 Å². The van der Waals surface area contributed by atoms with E-state index < -0.39 is 24.0 Å². The minimum atomic E-state index is -0.973. The number of carboxylic acids is 2. The molecule has 0 spiro atoms. The summed E-state index contributed by atoms with van der Waals surface area (Å²) in [5.74, 6) is -0.642. The molecule has 2 atom stereocenters. The first-order valence-electron chi connectivity index (χ1n) is 6.22. The smallest absolute Gasteiger partial charge is 0.326 e. The highest BCUT2D eigenvalue weighted by molar-refractivity contribution is 7.98. The van der Waals surface area contributed by atoms with Crippen LogP contribution in [0.1, 0.15) is 19.8 Å². The van der Waals surface area contributed by atoms with Crippen molar-refractivity contribution in [3.05, 3.63) is 0 Å². The van der Waals surface area contributed by atoms with Crippen molar-refractivity contribution in [2.45, 2.75) is 31.8 Å². The van der Waals surface area contributed by atoms with Gasteiger partial charge in [-0.25, -0.2) is 4.79 Å². The van der Waals surface area contributed by atoms with Crippen molar-refractivity contribution >= 4 is 41.4 Å². The number of aliphatic carboxylic acids is 2. The Labute approximate surface area is 145 Å². The van der Waals surface area contributed by atoms with Gasteiger partial charge in [0.25, 0.3) is 0 Å². The van der Waals surface area contributed by atoms with E-state index in [0.717, 1.165) is 11.5 Å². The highest BCUT2D eigenvalue weighted by atomic mass is 32.2. The molecular weight excluding hydrogens is 344 g/mol. The lowest BCUT2D eigenvalue weighted by molar-refractivity contribution is -0.141. The van der Waals surface area contributed by atoms with Crippen LogP contribution in [0.25, 0.3) is 0 Å². The molecule has 0 aromatic rings. The largest absolute Gasteiger partial charge is 0.480 e. The van der Waals surface area contributed by atoms with Crippen molar-refractivity contribution in [3.8, 4) is 0 Å². The van der Waals surface area contributed by atoms with E-state index in [1.807, 2.05) is 12.5 Å². The zero-order valence-corrected chi connectivity index (χ0v) is 15.5. The maximum Gasteiger partial charge on any atom is 0.326 e. The lowest BCUT2D eigenvalue weighted by atomic mass is 10.2. The van der Waals surface area contributed by atoms with Crippen molar-refractivity contribution in [1.82, 2.24) is 17.6 Å². The van der Waals surface area contributed by atoms with Gasteiger partial charge in [0, 0.05) is 6.92 Å². The number of hydrogen-bond donors (Lipinski definition) is 6. The van der Waals surface area contributed by atoms with Gasteiger partial charge in [0.15, 0.2) is 0 Å². The summed E-state index contributed by atoms with van der Waals surface area (Å²) in [5.41, 5.74) is 5.19. The molecule has 0 aromatic carbocycles. The van der Waals surface area contributed by atoms with E-state index in [9.17, 15) is 14.4 Å². The maximum absolute atomic E-state index is 10.5. The van der Waals surface area contributed by atoms with Crippen LogP contribution < -0.4 is 23.4 Å². The number of nitrogens with two attached hydrogens (primary N) is 1. The van der Waals surface area contributed by atoms with Crippen LogP contribution in [0.4, 0.5) is 0 Å². The molecule has 23 heavy (non-hydrogen) atoms. The van der Waals surface area contributed by atoms with Gasteiger partial charge in [-0.05, 0) is 36.9 Å². The Balaban J connectivity index is -0.000000149. The normalized spacial score (nSPS) is 11.5. The molecule has 0 aliphatic rings. The molecule has 11 heteroatoms. The Kier molecular flexibility index (Phi) is 24.8. The summed E-state index contributed by atoms with van der Waals surface area (Å²) in [6, 6.07) is -1.42. The van der Waals surface area contributed by atoms with E-state index in [0.29, 0.717) is 12.8 Å². The molecule has 0 heterocycles. The Morgan fingerprint density at radius 2 is 1.43 bits per heavy atom. The first-order chi connectivity index (χ1) is 9.76. The number of carbonyl (C=O) groups is 3. The van der Waals surface area contributed by atoms with Crippen LogP contribution in [0.3, 0.4) is 0 Å². The van der Waals surface area contributed by atoms with E-state index in [2.05, 4.69) is 5.32 Å². The molecule has 0 saturated carbocycles. The number of carboxylic acid groups (broad SMARTS) is 2. The molecule has 0 aliphatic carbocycles. The van der Waals surface area contributed by atoms with Gasteiger partial charge in [0.2, 0.25) is 5.91 Å². The van der Waals surface area contributed by atoms with Crippen LogP contribution in [0.15, 0.2) is 0 Å². The molecule has 0 aliphatic heterocycles. The lowest BCUT2D eigenvalue weighted by Crippen LogP contribution is -2.39. The second kappa shape index (κ2) is 19.0. The molecule has 140 valence electrons. The number of thioether (sulfide) groups is 2. The number of hydrogen-bond acceptors (Lipinski definition) is 8. The Bertz CT molecular complexity index is 335. The molecular formula is C12H30N4O5S2. The monoisotopic (exact) mass is 374 g/mol. The predicted molar refractivity (Wildman–Crippen MR) is 96.9 cm³/mol. The summed E-state index contributed by atoms with van der Waals surface area (Å²) >= 11 is 3.16. The maximum atomic E-state index is 10.5. The zero-order valence-electron chi connectivity index (χ0n) is 13.9. The highest BCUT2D eigenvalue weighted by Gasteiger charge is 2.16. The van der Waals surface area contributed by atoms with Gasteiger partial charge in [-0.15, -0.1) is 0 Å². The van der Waals surface area contributed by atoms with E-state index in [-0.39, 0.29) is 18.2 Å². The number of amides is 1. The standard InChI is InChI=1S/C7H13NO3S.C5H11NO2S.2H3N/c1-5(9)8-6(7(10)11)3-4-12-2;1-9-3-2-4(6)5(7)8;;/h6H,3-4H2,1-2H3,(H,8,9)(H,10,11);4H,2-3,6H2,1H3,(H,7,8);2*1H3/t6-;4-;;/m00../s1. The third-order valence-corrected chi connectivity index (χ3v) is 3.52. The molecule has 0 saturated heterocycles. The molecule has 0 aromatic heterocycles. The van der Waals surface area contributed by atoms with Crippen LogP contribution in [0, 0.1) is 0 Å². The minimum Gasteiger partial charge on any atom is -0.480 e. The SMILES string of the molecule is CSCC[C@H](N)C(=O)O.CSCC[C@H](NC(C)=O)C(=O)O.N.N. The Morgan fingerprint density at radius 3 is 1.74 bits per heavy atom. The van der Waals surface area contributed by atoms with Crippen molar-refractivity contribution in [3.63, 3.8) is 0 Å². The van der Waals surface area contributed by atoms with Crippen molar-refractivity contribution < 1.29 is 24.6 Å². The Morgan fingerprint density at radius 1 is 1.00 bits per heavy atom. The molecule has 9 nitrogen and oxygen atoms in total. The van der Waals surface area contributed by atoms with Crippen LogP contribution in [-0.2, 0) is 14.4 Å². The molecule has 1 amide bonds. The zero-order chi connectivity index (χ0) is 16.8. The summed E-state index contributed by atoms with van der Waals surface area (Å²) in [6.07, 6.45) is 4.84. The van der Waals surface area contributed by atoms with E-state index in [1.54, 1.807) is 23.5 Å². The minimum absolute atomic E-state index is 0. The second-order valence-electron chi connectivity index (χ2n) is 4.10. The predicted octanol–water partition coefficient (Wildman–Crippen LogP) is 0.804. The van der Waals surface area contributed by atoms with Crippen LogP contribution in [-0.4, -0.2) is 64.2 Å². The number of carbonyl (C=O) groups excluding carboxylic acids is 1. The molecule has 11 N–H and O–H groups in total. The summed E-state index contributed by atoms with van der Waals surface area (Å²) < 4.78 is 0. The van der Waals surface area contributed by atoms with Gasteiger partial charge < -0.3 is 33.6 Å². The molecule has 0 unspecified atom stereocenters. The van der Waals surface area contributed by atoms with Gasteiger partial charge >= 0.3 is 11.9 Å². The number of rotatable bonds is 9. The quantitative estimate of drug-likeness (QED) is 0.335. The van der Waals surface area contributed by atoms with E-state index >= 15 is 0 Å². The fourth-order valence-electron chi connectivity index (χ4n) is 1.11. The third kappa shape index (κ3) is 21.0. The van der Waals surface area contributed by atoms with Crippen molar-refractivity contribution in [1.29, 1.82) is 0 Å². The summed E-state index contributed by atoms with van der Waals surface area (Å²) in [4.78, 5) is 31.1. The molecule has 0 fully saturated rings. The third-order valence-electron chi connectivity index (χ3n) is 2.24. The Hall–Kier alpha value is -1.01. The van der Waals surface area contributed by atoms with Crippen LogP contribution >= 0.6 is 23.5 Å². The van der Waals surface area contributed by atoms with Crippen molar-refractivity contribution in [2.24, 2.45) is 5.73 Å². The molecule has 0 radical (unpaired) electrons. The van der Waals surface area contributed by atoms with Gasteiger partial charge in [-0.2, -0.15) is 23.5 Å². The van der Waals surface area contributed by atoms with E-state index in [1.165, 1.54) is 6.92 Å². The number of nitrogens with one attached hydrogen (secondary N) is 1. The van der Waals surface area contributed by atoms with Gasteiger partial charge in [-0.1, -0.05) is 0 Å². The summed E-state index contributed by atoms with van der Waals surface area (Å²) in [5, 5.41) is 19.3. The molecule has 0 bridgehead atoms. The highest BCUT2D eigenvalue weighted by Crippen LogP contribution is 2.00. The van der Waals surface area contributed by atoms with Gasteiger partial charge in [-0.3, -0.25) is 9.59 Å². The average Bonchev–Trinajstić information content (AvgIpc) is 2.40. The summed E-state index contributed by atoms with van der Waals surface area (Å²) in [6.45, 7) is 1.31. The fourth-order valence-corrected chi connectivity index (χ4v) is 2.07. The molecule has 0 rings (SSSR count). The van der Waals surface area contributed by atoms with Crippen LogP contribution in [0.5, 0.6) is 0 Å². The second-order valence-corrected chi connectivity index (χ2v) is 6.07. The topological polar surface area (TPSA) is 200 Å². The summed E-state index contributed by atoms with van der Waals surface area (Å²) in [7, 11) is 0.